The molecule has 3 nitrogen and oxygen atoms in total. The lowest BCUT2D eigenvalue weighted by molar-refractivity contribution is -0.184. The summed E-state index contributed by atoms with van der Waals surface area (Å²) < 4.78 is 38.2. The van der Waals surface area contributed by atoms with Gasteiger partial charge in [-0.15, -0.1) is 0 Å². The largest absolute Gasteiger partial charge is 0.415 e. The standard InChI is InChI=1S/C14H17F3N2O/c1-13(18,14(15,16)17)12(20)19-11-8-4-6-9-5-2-3-7-10(9)11/h4,6,8H,2-3,5,7,18H2,1H3,(H,19,20). The second kappa shape index (κ2) is 5.09. The first kappa shape index (κ1) is 14.8. The number of nitrogens with one attached hydrogen (secondary N) is 1. The summed E-state index contributed by atoms with van der Waals surface area (Å²) >= 11 is 0. The maximum Gasteiger partial charge on any atom is 0.415 e. The molecule has 1 unspecified atom stereocenters. The van der Waals surface area contributed by atoms with E-state index in [9.17, 15) is 18.0 Å². The molecule has 0 bridgehead atoms. The lowest BCUT2D eigenvalue weighted by Gasteiger charge is -2.27. The van der Waals surface area contributed by atoms with Gasteiger partial charge in [-0.3, -0.25) is 4.79 Å². The minimum atomic E-state index is -4.79. The Bertz CT molecular complexity index is 524. The number of benzene rings is 1. The van der Waals surface area contributed by atoms with Crippen LogP contribution in [0, 0.1) is 0 Å². The molecule has 0 aliphatic heterocycles. The third-order valence-corrected chi connectivity index (χ3v) is 3.70. The molecule has 0 heterocycles. The fourth-order valence-corrected chi connectivity index (χ4v) is 2.28. The average Bonchev–Trinajstić information content (AvgIpc) is 2.37. The molecule has 1 aliphatic rings. The summed E-state index contributed by atoms with van der Waals surface area (Å²) in [5.41, 5.74) is 4.67. The van der Waals surface area contributed by atoms with Crippen LogP contribution in [0.1, 0.15) is 30.9 Å². The molecule has 0 fully saturated rings. The van der Waals surface area contributed by atoms with E-state index < -0.39 is 17.6 Å². The van der Waals surface area contributed by atoms with Crippen LogP contribution in [0.15, 0.2) is 18.2 Å². The molecule has 1 amide bonds. The van der Waals surface area contributed by atoms with Crippen molar-refractivity contribution in [1.82, 2.24) is 0 Å². The molecule has 0 radical (unpaired) electrons. The van der Waals surface area contributed by atoms with E-state index in [1.807, 2.05) is 6.07 Å². The van der Waals surface area contributed by atoms with Crippen LogP contribution in [0.25, 0.3) is 0 Å². The molecule has 20 heavy (non-hydrogen) atoms. The molecule has 6 heteroatoms. The fourth-order valence-electron chi connectivity index (χ4n) is 2.28. The van der Waals surface area contributed by atoms with Gasteiger partial charge >= 0.3 is 6.18 Å². The summed E-state index contributed by atoms with van der Waals surface area (Å²) in [7, 11) is 0. The monoisotopic (exact) mass is 286 g/mol. The molecule has 0 saturated heterocycles. The zero-order valence-corrected chi connectivity index (χ0v) is 11.2. The van der Waals surface area contributed by atoms with E-state index in [1.54, 1.807) is 12.1 Å². The lowest BCUT2D eigenvalue weighted by atomic mass is 9.90. The van der Waals surface area contributed by atoms with E-state index in [4.69, 9.17) is 5.73 Å². The maximum absolute atomic E-state index is 12.7. The molecule has 3 N–H and O–H groups in total. The van der Waals surface area contributed by atoms with Gasteiger partial charge in [-0.1, -0.05) is 12.1 Å². The predicted octanol–water partition coefficient (Wildman–Crippen LogP) is 2.78. The summed E-state index contributed by atoms with van der Waals surface area (Å²) in [5, 5.41) is 2.33. The summed E-state index contributed by atoms with van der Waals surface area (Å²) in [6, 6.07) is 5.30. The van der Waals surface area contributed by atoms with Crippen LogP contribution in [0.5, 0.6) is 0 Å². The summed E-state index contributed by atoms with van der Waals surface area (Å²) in [5.74, 6) is -1.23. The first-order chi connectivity index (χ1) is 9.23. The van der Waals surface area contributed by atoms with Crippen molar-refractivity contribution < 1.29 is 18.0 Å². The normalized spacial score (nSPS) is 18.1. The third kappa shape index (κ3) is 2.65. The van der Waals surface area contributed by atoms with Gasteiger partial charge in [-0.25, -0.2) is 0 Å². The van der Waals surface area contributed by atoms with E-state index in [1.165, 1.54) is 0 Å². The van der Waals surface area contributed by atoms with Gasteiger partial charge in [0.05, 0.1) is 0 Å². The van der Waals surface area contributed by atoms with Crippen molar-refractivity contribution in [2.75, 3.05) is 5.32 Å². The number of hydrogen-bond donors (Lipinski definition) is 2. The van der Waals surface area contributed by atoms with Crippen molar-refractivity contribution in [2.24, 2.45) is 5.73 Å². The average molecular weight is 286 g/mol. The van der Waals surface area contributed by atoms with Crippen molar-refractivity contribution in [3.8, 4) is 0 Å². The number of alkyl halides is 3. The van der Waals surface area contributed by atoms with Gasteiger partial charge in [0, 0.05) is 5.69 Å². The van der Waals surface area contributed by atoms with Crippen molar-refractivity contribution in [2.45, 2.75) is 44.3 Å². The molecule has 0 saturated carbocycles. The van der Waals surface area contributed by atoms with Gasteiger partial charge in [0.15, 0.2) is 5.54 Å². The Labute approximate surface area is 115 Å². The Balaban J connectivity index is 2.25. The Hall–Kier alpha value is -1.56. The summed E-state index contributed by atoms with van der Waals surface area (Å²) in [6.07, 6.45) is -1.11. The molecule has 2 rings (SSSR count). The van der Waals surface area contributed by atoms with Crippen LogP contribution in [-0.4, -0.2) is 17.6 Å². The number of nitrogens with two attached hydrogens (primary N) is 1. The molecular formula is C14H17F3N2O. The van der Waals surface area contributed by atoms with Gasteiger partial charge in [0.1, 0.15) is 0 Å². The highest BCUT2D eigenvalue weighted by Gasteiger charge is 2.54. The van der Waals surface area contributed by atoms with Gasteiger partial charge < -0.3 is 11.1 Å². The van der Waals surface area contributed by atoms with Crippen LogP contribution in [-0.2, 0) is 17.6 Å². The zero-order valence-electron chi connectivity index (χ0n) is 11.2. The molecule has 1 aromatic carbocycles. The number of amides is 1. The van der Waals surface area contributed by atoms with Gasteiger partial charge in [-0.05, 0) is 49.8 Å². The number of carbonyl (C=O) groups is 1. The molecule has 0 spiro atoms. The summed E-state index contributed by atoms with van der Waals surface area (Å²) in [6.45, 7) is 0.678. The first-order valence-electron chi connectivity index (χ1n) is 6.51. The number of hydrogen-bond acceptors (Lipinski definition) is 2. The molecular weight excluding hydrogens is 269 g/mol. The van der Waals surface area contributed by atoms with Gasteiger partial charge in [0.25, 0.3) is 5.91 Å². The minimum absolute atomic E-state index is 0.438. The van der Waals surface area contributed by atoms with E-state index in [0.29, 0.717) is 12.6 Å². The number of carbonyl (C=O) groups excluding carboxylic acids is 1. The smallest absolute Gasteiger partial charge is 0.324 e. The van der Waals surface area contributed by atoms with E-state index in [0.717, 1.165) is 36.8 Å². The second-order valence-corrected chi connectivity index (χ2v) is 5.30. The highest BCUT2D eigenvalue weighted by molar-refractivity contribution is 5.99. The van der Waals surface area contributed by atoms with Crippen LogP contribution < -0.4 is 11.1 Å². The van der Waals surface area contributed by atoms with Crippen LogP contribution in [0.2, 0.25) is 0 Å². The second-order valence-electron chi connectivity index (χ2n) is 5.30. The lowest BCUT2D eigenvalue weighted by Crippen LogP contribution is -2.59. The van der Waals surface area contributed by atoms with E-state index in [2.05, 4.69) is 5.32 Å². The number of fused-ring (bicyclic) bond motifs is 1. The van der Waals surface area contributed by atoms with Crippen LogP contribution in [0.3, 0.4) is 0 Å². The quantitative estimate of drug-likeness (QED) is 0.878. The topological polar surface area (TPSA) is 55.1 Å². The molecule has 110 valence electrons. The maximum atomic E-state index is 12.7. The van der Waals surface area contributed by atoms with Gasteiger partial charge in [0.2, 0.25) is 0 Å². The predicted molar refractivity (Wildman–Crippen MR) is 70.4 cm³/mol. The molecule has 0 aromatic heterocycles. The van der Waals surface area contributed by atoms with E-state index in [-0.39, 0.29) is 0 Å². The van der Waals surface area contributed by atoms with Crippen molar-refractivity contribution >= 4 is 11.6 Å². The Morgan fingerprint density at radius 3 is 2.55 bits per heavy atom. The van der Waals surface area contributed by atoms with Crippen LogP contribution >= 0.6 is 0 Å². The molecule has 1 atom stereocenters. The number of halogens is 3. The van der Waals surface area contributed by atoms with E-state index >= 15 is 0 Å². The minimum Gasteiger partial charge on any atom is -0.324 e. The van der Waals surface area contributed by atoms with Crippen molar-refractivity contribution in [3.63, 3.8) is 0 Å². The number of rotatable bonds is 2. The third-order valence-electron chi connectivity index (χ3n) is 3.70. The molecule has 1 aliphatic carbocycles. The Kier molecular flexibility index (Phi) is 3.77. The van der Waals surface area contributed by atoms with Crippen LogP contribution in [0.4, 0.5) is 18.9 Å². The highest BCUT2D eigenvalue weighted by Crippen LogP contribution is 2.31. The Morgan fingerprint density at radius 2 is 1.90 bits per heavy atom. The first-order valence-corrected chi connectivity index (χ1v) is 6.51. The SMILES string of the molecule is CC(N)(C(=O)Nc1cccc2c1CCCC2)C(F)(F)F. The highest BCUT2D eigenvalue weighted by atomic mass is 19.4. The Morgan fingerprint density at radius 1 is 1.25 bits per heavy atom. The molecule has 1 aromatic rings. The number of aryl methyl sites for hydroxylation is 1. The van der Waals surface area contributed by atoms with Gasteiger partial charge in [-0.2, -0.15) is 13.2 Å². The van der Waals surface area contributed by atoms with Crippen molar-refractivity contribution in [3.05, 3.63) is 29.3 Å². The number of anilines is 1. The summed E-state index contributed by atoms with van der Waals surface area (Å²) in [4.78, 5) is 11.8. The zero-order chi connectivity index (χ0) is 15.0. The fraction of sp³-hybridized carbons (Fsp3) is 0.500. The van der Waals surface area contributed by atoms with Crippen molar-refractivity contribution in [1.29, 1.82) is 0 Å².